The standard InChI is InChI=1S/C33H36ClF4N3O4/c1-5-39(6-2)15-16-40(7-3)20-22-9-8-10-23(17-22)30(42)45-21-41-28-18-24(33(36,37)38)11-13-26(28)32(35,31(41)43)27-19-25(34)12-14-29(27)44-4/h8-14,17-19H,5-7,15-16,20-21H2,1-4H3. The average molecular weight is 650 g/mol. The fraction of sp³-hybridized carbons (Fsp3) is 0.394. The summed E-state index contributed by atoms with van der Waals surface area (Å²) >= 11 is 6.11. The van der Waals surface area contributed by atoms with Gasteiger partial charge in [0.15, 0.2) is 6.73 Å². The fourth-order valence-corrected chi connectivity index (χ4v) is 5.58. The predicted octanol–water partition coefficient (Wildman–Crippen LogP) is 6.91. The number of hydrogen-bond acceptors (Lipinski definition) is 6. The highest BCUT2D eigenvalue weighted by Gasteiger charge is 2.55. The number of methoxy groups -OCH3 is 1. The second-order valence-corrected chi connectivity index (χ2v) is 11.1. The molecule has 45 heavy (non-hydrogen) atoms. The summed E-state index contributed by atoms with van der Waals surface area (Å²) in [5.41, 5.74) is -4.04. The third-order valence-electron chi connectivity index (χ3n) is 8.03. The van der Waals surface area contributed by atoms with Gasteiger partial charge in [-0.3, -0.25) is 14.6 Å². The van der Waals surface area contributed by atoms with E-state index in [2.05, 4.69) is 30.6 Å². The quantitative estimate of drug-likeness (QED) is 0.148. The molecule has 12 heteroatoms. The minimum Gasteiger partial charge on any atom is -0.496 e. The van der Waals surface area contributed by atoms with E-state index in [1.165, 1.54) is 31.4 Å². The van der Waals surface area contributed by atoms with Gasteiger partial charge in [-0.1, -0.05) is 50.6 Å². The summed E-state index contributed by atoms with van der Waals surface area (Å²) in [6.07, 6.45) is -4.77. The number of hydrogen-bond donors (Lipinski definition) is 0. The van der Waals surface area contributed by atoms with Crippen molar-refractivity contribution < 1.29 is 36.6 Å². The number of amides is 1. The first-order valence-electron chi connectivity index (χ1n) is 14.6. The number of alkyl halides is 4. The molecular formula is C33H36ClF4N3O4. The molecule has 1 heterocycles. The van der Waals surface area contributed by atoms with Crippen LogP contribution in [0.1, 0.15) is 53.4 Å². The van der Waals surface area contributed by atoms with Gasteiger partial charge in [-0.25, -0.2) is 9.18 Å². The lowest BCUT2D eigenvalue weighted by Gasteiger charge is -2.25. The van der Waals surface area contributed by atoms with Crippen LogP contribution in [-0.4, -0.2) is 68.2 Å². The fourth-order valence-electron chi connectivity index (χ4n) is 5.40. The van der Waals surface area contributed by atoms with Crippen molar-refractivity contribution in [3.63, 3.8) is 0 Å². The Labute approximate surface area is 265 Å². The van der Waals surface area contributed by atoms with Crippen LogP contribution in [-0.2, 0) is 27.9 Å². The predicted molar refractivity (Wildman–Crippen MR) is 164 cm³/mol. The Morgan fingerprint density at radius 1 is 0.933 bits per heavy atom. The molecule has 0 spiro atoms. The molecule has 0 radical (unpaired) electrons. The van der Waals surface area contributed by atoms with Gasteiger partial charge >= 0.3 is 12.1 Å². The Bertz CT molecular complexity index is 1530. The maximum atomic E-state index is 17.0. The van der Waals surface area contributed by atoms with Gasteiger partial charge in [0, 0.05) is 35.8 Å². The molecule has 0 N–H and O–H groups in total. The number of ether oxygens (including phenoxy) is 2. The summed E-state index contributed by atoms with van der Waals surface area (Å²) in [6, 6.07) is 13.0. The minimum absolute atomic E-state index is 0.0324. The molecule has 3 aromatic rings. The Hall–Kier alpha value is -3.67. The zero-order valence-electron chi connectivity index (χ0n) is 25.6. The number of benzene rings is 3. The highest BCUT2D eigenvalue weighted by molar-refractivity contribution is 6.30. The molecule has 0 saturated carbocycles. The maximum Gasteiger partial charge on any atom is 0.416 e. The first-order chi connectivity index (χ1) is 21.4. The summed E-state index contributed by atoms with van der Waals surface area (Å²) in [7, 11) is 1.27. The number of fused-ring (bicyclic) bond motifs is 1. The van der Waals surface area contributed by atoms with Gasteiger partial charge in [0.2, 0.25) is 5.67 Å². The van der Waals surface area contributed by atoms with Gasteiger partial charge in [0.05, 0.1) is 23.9 Å². The molecule has 1 aliphatic rings. The second kappa shape index (κ2) is 14.2. The summed E-state index contributed by atoms with van der Waals surface area (Å²) in [5.74, 6) is -2.10. The van der Waals surface area contributed by atoms with Crippen molar-refractivity contribution in [3.05, 3.63) is 93.5 Å². The van der Waals surface area contributed by atoms with Crippen LogP contribution in [0.2, 0.25) is 5.02 Å². The lowest BCUT2D eigenvalue weighted by atomic mass is 9.88. The van der Waals surface area contributed by atoms with Crippen molar-refractivity contribution in [1.82, 2.24) is 9.80 Å². The van der Waals surface area contributed by atoms with Crippen molar-refractivity contribution >= 4 is 29.2 Å². The first-order valence-corrected chi connectivity index (χ1v) is 15.0. The van der Waals surface area contributed by atoms with E-state index in [-0.39, 0.29) is 33.1 Å². The van der Waals surface area contributed by atoms with Crippen LogP contribution in [0.25, 0.3) is 0 Å². The van der Waals surface area contributed by atoms with Gasteiger partial charge in [0.1, 0.15) is 5.75 Å². The number of esters is 1. The monoisotopic (exact) mass is 649 g/mol. The van der Waals surface area contributed by atoms with Crippen LogP contribution < -0.4 is 9.64 Å². The Balaban J connectivity index is 1.59. The summed E-state index contributed by atoms with van der Waals surface area (Å²) in [5, 5.41) is 0.0866. The molecule has 0 bridgehead atoms. The van der Waals surface area contributed by atoms with E-state index in [4.69, 9.17) is 21.1 Å². The molecule has 1 amide bonds. The second-order valence-electron chi connectivity index (χ2n) is 10.6. The van der Waals surface area contributed by atoms with Crippen molar-refractivity contribution in [1.29, 1.82) is 0 Å². The van der Waals surface area contributed by atoms with Crippen molar-refractivity contribution in [2.24, 2.45) is 0 Å². The van der Waals surface area contributed by atoms with E-state index in [1.807, 2.05) is 6.07 Å². The Kier molecular flexibility index (Phi) is 10.8. The molecule has 1 unspecified atom stereocenters. The van der Waals surface area contributed by atoms with E-state index in [9.17, 15) is 22.8 Å². The van der Waals surface area contributed by atoms with E-state index in [0.717, 1.165) is 44.4 Å². The Morgan fingerprint density at radius 3 is 2.27 bits per heavy atom. The van der Waals surface area contributed by atoms with E-state index in [0.29, 0.717) is 23.6 Å². The van der Waals surface area contributed by atoms with E-state index >= 15 is 4.39 Å². The van der Waals surface area contributed by atoms with E-state index in [1.54, 1.807) is 12.1 Å². The highest BCUT2D eigenvalue weighted by atomic mass is 35.5. The number of nitrogens with zero attached hydrogens (tertiary/aromatic N) is 3. The lowest BCUT2D eigenvalue weighted by Crippen LogP contribution is -2.40. The normalized spacial score (nSPS) is 16.4. The average Bonchev–Trinajstić information content (AvgIpc) is 3.24. The number of halogens is 5. The smallest absolute Gasteiger partial charge is 0.416 e. The number of carbonyl (C=O) groups excluding carboxylic acids is 2. The molecular weight excluding hydrogens is 614 g/mol. The van der Waals surface area contributed by atoms with Crippen LogP contribution in [0.4, 0.5) is 23.2 Å². The van der Waals surface area contributed by atoms with Crippen molar-refractivity contribution in [3.8, 4) is 5.75 Å². The van der Waals surface area contributed by atoms with Crippen LogP contribution in [0, 0.1) is 0 Å². The topological polar surface area (TPSA) is 62.3 Å². The van der Waals surface area contributed by atoms with Crippen molar-refractivity contribution in [2.45, 2.75) is 39.2 Å². The summed E-state index contributed by atoms with van der Waals surface area (Å²) in [4.78, 5) is 32.1. The zero-order valence-corrected chi connectivity index (χ0v) is 26.3. The number of rotatable bonds is 13. The molecule has 0 saturated heterocycles. The van der Waals surface area contributed by atoms with Crippen LogP contribution in [0.3, 0.4) is 0 Å². The third kappa shape index (κ3) is 7.26. The number of likely N-dealkylation sites (N-methyl/N-ethyl adjacent to an activating group) is 2. The molecule has 1 aliphatic heterocycles. The maximum absolute atomic E-state index is 17.0. The van der Waals surface area contributed by atoms with Gasteiger partial charge in [0.25, 0.3) is 5.91 Å². The zero-order chi connectivity index (χ0) is 32.9. The van der Waals surface area contributed by atoms with Crippen molar-refractivity contribution in [2.75, 3.05) is 51.5 Å². The summed E-state index contributed by atoms with van der Waals surface area (Å²) < 4.78 is 68.6. The van der Waals surface area contributed by atoms with Gasteiger partial charge in [-0.05, 0) is 67.7 Å². The molecule has 0 aliphatic carbocycles. The first kappa shape index (κ1) is 34.2. The number of carbonyl (C=O) groups is 2. The molecule has 4 rings (SSSR count). The van der Waals surface area contributed by atoms with Crippen LogP contribution in [0.5, 0.6) is 5.75 Å². The van der Waals surface area contributed by atoms with Gasteiger partial charge in [-0.2, -0.15) is 13.2 Å². The third-order valence-corrected chi connectivity index (χ3v) is 8.26. The van der Waals surface area contributed by atoms with Crippen LogP contribution >= 0.6 is 11.6 Å². The molecule has 242 valence electrons. The lowest BCUT2D eigenvalue weighted by molar-refractivity contribution is -0.137. The van der Waals surface area contributed by atoms with Gasteiger partial charge < -0.3 is 14.4 Å². The number of anilines is 1. The molecule has 3 aromatic carbocycles. The van der Waals surface area contributed by atoms with Gasteiger partial charge in [-0.15, -0.1) is 0 Å². The largest absolute Gasteiger partial charge is 0.496 e. The van der Waals surface area contributed by atoms with E-state index < -0.39 is 36.0 Å². The Morgan fingerprint density at radius 2 is 1.62 bits per heavy atom. The molecule has 0 aromatic heterocycles. The summed E-state index contributed by atoms with van der Waals surface area (Å²) in [6.45, 7) is 10.5. The minimum atomic E-state index is -4.77. The SMILES string of the molecule is CCN(CC)CCN(CC)Cc1cccc(C(=O)OCN2C(=O)C(F)(c3cc(Cl)ccc3OC)c3ccc(C(F)(F)F)cc32)c1. The highest BCUT2D eigenvalue weighted by Crippen LogP contribution is 2.51. The van der Waals surface area contributed by atoms with Crippen LogP contribution in [0.15, 0.2) is 60.7 Å². The molecule has 0 fully saturated rings. The molecule has 1 atom stereocenters. The molecule has 7 nitrogen and oxygen atoms in total.